The van der Waals surface area contributed by atoms with E-state index < -0.39 is 11.9 Å². The van der Waals surface area contributed by atoms with Gasteiger partial charge in [0, 0.05) is 23.3 Å². The van der Waals surface area contributed by atoms with Crippen molar-refractivity contribution in [3.05, 3.63) is 48.2 Å². The fourth-order valence-electron chi connectivity index (χ4n) is 2.43. The van der Waals surface area contributed by atoms with Gasteiger partial charge in [-0.05, 0) is 30.0 Å². The van der Waals surface area contributed by atoms with Crippen molar-refractivity contribution in [2.75, 3.05) is 0 Å². The van der Waals surface area contributed by atoms with Gasteiger partial charge < -0.3 is 15.4 Å². The van der Waals surface area contributed by atoms with Gasteiger partial charge in [0.15, 0.2) is 0 Å². The maximum absolute atomic E-state index is 12.1. The zero-order valence-electron chi connectivity index (χ0n) is 10.7. The summed E-state index contributed by atoms with van der Waals surface area (Å²) >= 11 is 0. The summed E-state index contributed by atoms with van der Waals surface area (Å²) in [6.45, 7) is 0. The van der Waals surface area contributed by atoms with Crippen LogP contribution in [-0.4, -0.2) is 28.0 Å². The first-order chi connectivity index (χ1) is 9.63. The van der Waals surface area contributed by atoms with Crippen molar-refractivity contribution >= 4 is 22.8 Å². The van der Waals surface area contributed by atoms with E-state index in [-0.39, 0.29) is 11.9 Å². The largest absolute Gasteiger partial charge is 0.481 e. The number of benzene rings is 1. The minimum absolute atomic E-state index is 0.192. The van der Waals surface area contributed by atoms with Gasteiger partial charge in [-0.3, -0.25) is 9.59 Å². The molecule has 1 aromatic carbocycles. The van der Waals surface area contributed by atoms with Crippen LogP contribution in [0.3, 0.4) is 0 Å². The number of carbonyl (C=O) groups is 2. The van der Waals surface area contributed by atoms with Crippen molar-refractivity contribution in [2.24, 2.45) is 5.92 Å². The maximum atomic E-state index is 12.1. The predicted molar refractivity (Wildman–Crippen MR) is 74.4 cm³/mol. The lowest BCUT2D eigenvalue weighted by Crippen LogP contribution is -2.33. The molecule has 20 heavy (non-hydrogen) atoms. The number of amides is 1. The molecule has 3 rings (SSSR count). The SMILES string of the molecule is O=C(NC1C=CC(C(=O)O)C1)c1ccc2cc[nH]c2c1. The van der Waals surface area contributed by atoms with Crippen molar-refractivity contribution in [1.82, 2.24) is 10.3 Å². The number of H-pyrrole nitrogens is 1. The van der Waals surface area contributed by atoms with E-state index in [4.69, 9.17) is 5.11 Å². The van der Waals surface area contributed by atoms with Crippen LogP contribution in [0.2, 0.25) is 0 Å². The maximum Gasteiger partial charge on any atom is 0.310 e. The van der Waals surface area contributed by atoms with Crippen LogP contribution in [0.5, 0.6) is 0 Å². The highest BCUT2D eigenvalue weighted by Crippen LogP contribution is 2.19. The van der Waals surface area contributed by atoms with E-state index in [9.17, 15) is 9.59 Å². The van der Waals surface area contributed by atoms with Gasteiger partial charge >= 0.3 is 5.97 Å². The molecule has 5 heteroatoms. The van der Waals surface area contributed by atoms with Gasteiger partial charge in [-0.2, -0.15) is 0 Å². The van der Waals surface area contributed by atoms with Crippen LogP contribution >= 0.6 is 0 Å². The lowest BCUT2D eigenvalue weighted by molar-refractivity contribution is -0.140. The second kappa shape index (κ2) is 4.85. The predicted octanol–water partition coefficient (Wildman–Crippen LogP) is 1.93. The molecule has 0 saturated heterocycles. The van der Waals surface area contributed by atoms with Gasteiger partial charge in [0.05, 0.1) is 5.92 Å². The van der Waals surface area contributed by atoms with Crippen LogP contribution < -0.4 is 5.32 Å². The van der Waals surface area contributed by atoms with Crippen LogP contribution in [-0.2, 0) is 4.79 Å². The molecule has 1 aromatic heterocycles. The van der Waals surface area contributed by atoms with Crippen LogP contribution in [0.4, 0.5) is 0 Å². The average molecular weight is 270 g/mol. The summed E-state index contributed by atoms with van der Waals surface area (Å²) in [4.78, 5) is 26.0. The van der Waals surface area contributed by atoms with Crippen LogP contribution in [0.25, 0.3) is 10.9 Å². The third-order valence-corrected chi connectivity index (χ3v) is 3.53. The normalized spacial score (nSPS) is 21.2. The van der Waals surface area contributed by atoms with E-state index in [1.165, 1.54) is 0 Å². The van der Waals surface area contributed by atoms with E-state index in [0.717, 1.165) is 10.9 Å². The first kappa shape index (κ1) is 12.5. The van der Waals surface area contributed by atoms with Crippen molar-refractivity contribution < 1.29 is 14.7 Å². The van der Waals surface area contributed by atoms with E-state index >= 15 is 0 Å². The van der Waals surface area contributed by atoms with E-state index in [1.54, 1.807) is 24.3 Å². The third kappa shape index (κ3) is 2.30. The number of hydrogen-bond acceptors (Lipinski definition) is 2. The van der Waals surface area contributed by atoms with E-state index in [0.29, 0.717) is 12.0 Å². The topological polar surface area (TPSA) is 82.2 Å². The van der Waals surface area contributed by atoms with Gasteiger partial charge in [-0.1, -0.05) is 18.2 Å². The molecular weight excluding hydrogens is 256 g/mol. The summed E-state index contributed by atoms with van der Waals surface area (Å²) in [5.41, 5.74) is 1.47. The van der Waals surface area contributed by atoms with Gasteiger partial charge in [0.2, 0.25) is 0 Å². The number of carboxylic acids is 1. The monoisotopic (exact) mass is 270 g/mol. The molecule has 1 aliphatic rings. The summed E-state index contributed by atoms with van der Waals surface area (Å²) in [7, 11) is 0. The number of nitrogens with one attached hydrogen (secondary N) is 2. The molecule has 5 nitrogen and oxygen atoms in total. The van der Waals surface area contributed by atoms with E-state index in [1.807, 2.05) is 18.3 Å². The van der Waals surface area contributed by atoms with Crippen LogP contribution in [0, 0.1) is 5.92 Å². The molecule has 0 fully saturated rings. The molecular formula is C15H14N2O3. The molecule has 1 amide bonds. The van der Waals surface area contributed by atoms with E-state index in [2.05, 4.69) is 10.3 Å². The Kier molecular flexibility index (Phi) is 3.02. The number of carboxylic acid groups (broad SMARTS) is 1. The molecule has 0 aliphatic heterocycles. The minimum atomic E-state index is -0.856. The molecule has 0 saturated carbocycles. The van der Waals surface area contributed by atoms with Crippen molar-refractivity contribution in [3.8, 4) is 0 Å². The fraction of sp³-hybridized carbons (Fsp3) is 0.200. The number of aliphatic carboxylic acids is 1. The quantitative estimate of drug-likeness (QED) is 0.745. The molecule has 102 valence electrons. The third-order valence-electron chi connectivity index (χ3n) is 3.53. The summed E-state index contributed by atoms with van der Waals surface area (Å²) in [6, 6.07) is 7.15. The number of aromatic amines is 1. The van der Waals surface area contributed by atoms with Crippen LogP contribution in [0.15, 0.2) is 42.6 Å². The Morgan fingerprint density at radius 1 is 1.25 bits per heavy atom. The molecule has 0 radical (unpaired) electrons. The molecule has 1 aliphatic carbocycles. The summed E-state index contributed by atoms with van der Waals surface area (Å²) < 4.78 is 0. The molecule has 2 atom stereocenters. The summed E-state index contributed by atoms with van der Waals surface area (Å²) in [6.07, 6.45) is 5.60. The first-order valence-corrected chi connectivity index (χ1v) is 6.42. The molecule has 0 bridgehead atoms. The molecule has 2 unspecified atom stereocenters. The standard InChI is InChI=1S/C15H14N2O3/c18-14(17-12-4-3-11(7-12)15(19)20)10-2-1-9-5-6-16-13(9)8-10/h1-6,8,11-12,16H,7H2,(H,17,18)(H,19,20). The fourth-order valence-corrected chi connectivity index (χ4v) is 2.43. The Morgan fingerprint density at radius 2 is 2.10 bits per heavy atom. The highest BCUT2D eigenvalue weighted by atomic mass is 16.4. The first-order valence-electron chi connectivity index (χ1n) is 6.42. The number of carbonyl (C=O) groups excluding carboxylic acids is 1. The molecule has 3 N–H and O–H groups in total. The zero-order valence-corrected chi connectivity index (χ0v) is 10.7. The zero-order chi connectivity index (χ0) is 14.1. The molecule has 1 heterocycles. The van der Waals surface area contributed by atoms with Gasteiger partial charge in [-0.15, -0.1) is 0 Å². The Bertz CT molecular complexity index is 702. The smallest absolute Gasteiger partial charge is 0.310 e. The molecule has 2 aromatic rings. The Labute approximate surface area is 115 Å². The number of hydrogen-bond donors (Lipinski definition) is 3. The Balaban J connectivity index is 1.70. The van der Waals surface area contributed by atoms with Gasteiger partial charge in [0.25, 0.3) is 5.91 Å². The van der Waals surface area contributed by atoms with Crippen molar-refractivity contribution in [2.45, 2.75) is 12.5 Å². The second-order valence-corrected chi connectivity index (χ2v) is 4.92. The minimum Gasteiger partial charge on any atom is -0.481 e. The second-order valence-electron chi connectivity index (χ2n) is 4.92. The highest BCUT2D eigenvalue weighted by Gasteiger charge is 2.25. The lowest BCUT2D eigenvalue weighted by atomic mass is 10.1. The van der Waals surface area contributed by atoms with Gasteiger partial charge in [-0.25, -0.2) is 0 Å². The Morgan fingerprint density at radius 3 is 2.85 bits per heavy atom. The summed E-state index contributed by atoms with van der Waals surface area (Å²) in [5, 5.41) is 12.8. The number of fused-ring (bicyclic) bond motifs is 1. The number of aromatic nitrogens is 1. The van der Waals surface area contributed by atoms with Crippen molar-refractivity contribution in [1.29, 1.82) is 0 Å². The summed E-state index contributed by atoms with van der Waals surface area (Å²) in [5.74, 6) is -1.56. The van der Waals surface area contributed by atoms with Gasteiger partial charge in [0.1, 0.15) is 0 Å². The average Bonchev–Trinajstić information content (AvgIpc) is 3.05. The van der Waals surface area contributed by atoms with Crippen molar-refractivity contribution in [3.63, 3.8) is 0 Å². The lowest BCUT2D eigenvalue weighted by Gasteiger charge is -2.12. The Hall–Kier alpha value is -2.56. The highest BCUT2D eigenvalue weighted by molar-refractivity contribution is 5.98. The number of rotatable bonds is 3. The molecule has 0 spiro atoms. The van der Waals surface area contributed by atoms with Crippen LogP contribution in [0.1, 0.15) is 16.8 Å².